The highest BCUT2D eigenvalue weighted by atomic mass is 14.7. The fourth-order valence-corrected chi connectivity index (χ4v) is 11.6. The van der Waals surface area contributed by atoms with Gasteiger partial charge in [-0.05, 0) is 149 Å². The van der Waals surface area contributed by atoms with Crippen molar-refractivity contribution >= 4 is 10.8 Å². The molecule has 0 aliphatic heterocycles. The van der Waals surface area contributed by atoms with Crippen molar-refractivity contribution in [2.75, 3.05) is 0 Å². The van der Waals surface area contributed by atoms with E-state index in [1.54, 1.807) is 0 Å². The molecule has 0 atom stereocenters. The van der Waals surface area contributed by atoms with Gasteiger partial charge in [-0.1, -0.05) is 255 Å². The minimum Gasteiger partial charge on any atom is -0.256 e. The highest BCUT2D eigenvalue weighted by Crippen LogP contribution is 2.45. The molecule has 0 bridgehead atoms. The Morgan fingerprint density at radius 2 is 0.549 bits per heavy atom. The van der Waals surface area contributed by atoms with Crippen molar-refractivity contribution in [2.24, 2.45) is 0 Å². The summed E-state index contributed by atoms with van der Waals surface area (Å²) in [7, 11) is 0. The minimum atomic E-state index is 0.923. The summed E-state index contributed by atoms with van der Waals surface area (Å²) >= 11 is 0. The lowest BCUT2D eigenvalue weighted by Crippen LogP contribution is -1.95. The molecule has 82 heavy (non-hydrogen) atoms. The molecule has 0 N–H and O–H groups in total. The summed E-state index contributed by atoms with van der Waals surface area (Å²) in [4.78, 5) is 14.7. The molecule has 0 radical (unpaired) electrons. The third-order valence-electron chi connectivity index (χ3n) is 15.7. The number of hydrogen-bond donors (Lipinski definition) is 0. The maximum Gasteiger partial charge on any atom is 0.0787 e. The first kappa shape index (κ1) is 49.4. The molecule has 14 aromatic rings. The molecule has 11 aromatic carbocycles. The zero-order valence-corrected chi connectivity index (χ0v) is 44.9. The van der Waals surface area contributed by atoms with E-state index in [4.69, 9.17) is 4.98 Å². The number of rotatable bonds is 12. The van der Waals surface area contributed by atoms with Crippen LogP contribution in [0, 0.1) is 0 Å². The van der Waals surface area contributed by atoms with Gasteiger partial charge in [0.25, 0.3) is 0 Å². The van der Waals surface area contributed by atoms with Crippen molar-refractivity contribution in [3.8, 4) is 134 Å². The van der Waals surface area contributed by atoms with Gasteiger partial charge in [0.05, 0.1) is 22.8 Å². The number of hydrogen-bond acceptors (Lipinski definition) is 3. The lowest BCUT2D eigenvalue weighted by Gasteiger charge is -2.20. The lowest BCUT2D eigenvalue weighted by atomic mass is 9.84. The first-order valence-electron chi connectivity index (χ1n) is 27.9. The average molecular weight is 1040 g/mol. The average Bonchev–Trinajstić information content (AvgIpc) is 3.68. The molecule has 3 nitrogen and oxygen atoms in total. The van der Waals surface area contributed by atoms with Crippen LogP contribution < -0.4 is 0 Å². The third kappa shape index (κ3) is 9.89. The molecule has 0 aliphatic carbocycles. The third-order valence-corrected chi connectivity index (χ3v) is 15.7. The van der Waals surface area contributed by atoms with E-state index in [1.165, 1.54) is 11.1 Å². The number of nitrogens with zero attached hydrogens (tertiary/aromatic N) is 3. The molecule has 0 fully saturated rings. The van der Waals surface area contributed by atoms with Gasteiger partial charge in [-0.15, -0.1) is 0 Å². The minimum absolute atomic E-state index is 0.923. The smallest absolute Gasteiger partial charge is 0.0787 e. The van der Waals surface area contributed by atoms with Gasteiger partial charge in [0.1, 0.15) is 0 Å². The Bertz CT molecular complexity index is 4410. The Morgan fingerprint density at radius 1 is 0.183 bits per heavy atom. The molecule has 14 rings (SSSR count). The van der Waals surface area contributed by atoms with Crippen LogP contribution in [0.25, 0.3) is 145 Å². The van der Waals surface area contributed by atoms with Crippen LogP contribution in [0.2, 0.25) is 0 Å². The second kappa shape index (κ2) is 22.1. The molecule has 0 saturated heterocycles. The summed E-state index contributed by atoms with van der Waals surface area (Å²) < 4.78 is 0. The summed E-state index contributed by atoms with van der Waals surface area (Å²) in [5.74, 6) is 0. The van der Waals surface area contributed by atoms with E-state index in [9.17, 15) is 0 Å². The van der Waals surface area contributed by atoms with Crippen molar-refractivity contribution in [1.82, 2.24) is 15.0 Å². The molecule has 3 aromatic heterocycles. The van der Waals surface area contributed by atoms with Crippen LogP contribution >= 0.6 is 0 Å². The summed E-state index contributed by atoms with van der Waals surface area (Å²) in [6, 6.07) is 111. The molecular weight excluding hydrogens is 991 g/mol. The second-order valence-corrected chi connectivity index (χ2v) is 20.7. The predicted molar refractivity (Wildman–Crippen MR) is 343 cm³/mol. The van der Waals surface area contributed by atoms with E-state index in [0.717, 1.165) is 134 Å². The van der Waals surface area contributed by atoms with Gasteiger partial charge in [0.2, 0.25) is 0 Å². The highest BCUT2D eigenvalue weighted by Gasteiger charge is 2.20. The van der Waals surface area contributed by atoms with Gasteiger partial charge >= 0.3 is 0 Å². The van der Waals surface area contributed by atoms with Gasteiger partial charge in [0, 0.05) is 40.0 Å². The second-order valence-electron chi connectivity index (χ2n) is 20.7. The first-order chi connectivity index (χ1) is 40.6. The standard InChI is InChI=1S/C79H53N3/c1-3-19-54(20-4-1)55-33-35-58(36-34-55)75-52-63(78-53-62-23-7-8-29-72(62)79(82-78)61-21-5-2-6-22-61)45-46-74(75)73-30-14-13-28-71(73)66-50-64(69-26-11-9-24-67(69)56-37-41-59(42-38-56)76-31-15-17-47-80-76)49-65(51-66)70-27-12-10-25-68(70)57-39-43-60(44-40-57)77-32-16-18-48-81-77/h1-53H. The van der Waals surface area contributed by atoms with E-state index < -0.39 is 0 Å². The molecule has 0 aliphatic rings. The summed E-state index contributed by atoms with van der Waals surface area (Å²) in [5, 5.41) is 2.28. The van der Waals surface area contributed by atoms with Crippen LogP contribution in [0.3, 0.4) is 0 Å². The van der Waals surface area contributed by atoms with Crippen LogP contribution in [0.5, 0.6) is 0 Å². The molecular formula is C79H53N3. The zero-order valence-electron chi connectivity index (χ0n) is 44.9. The normalized spacial score (nSPS) is 11.2. The monoisotopic (exact) mass is 1040 g/mol. The van der Waals surface area contributed by atoms with Gasteiger partial charge in [-0.2, -0.15) is 0 Å². The molecule has 0 saturated carbocycles. The molecule has 3 heterocycles. The van der Waals surface area contributed by atoms with Crippen LogP contribution in [0.4, 0.5) is 0 Å². The lowest BCUT2D eigenvalue weighted by molar-refractivity contribution is 1.33. The SMILES string of the molecule is c1ccc(-c2ccc(-c3cc(-c4cc5ccccc5c(-c5ccccc5)n4)ccc3-c3ccccc3-c3cc(-c4ccccc4-c4ccc(-c5ccccn5)cc4)cc(-c4ccccc4-c4ccc(-c5ccccn5)cc4)c3)cc2)cc1. The Kier molecular flexibility index (Phi) is 13.3. The Labute approximate surface area is 478 Å². The number of aromatic nitrogens is 3. The molecule has 0 unspecified atom stereocenters. The van der Waals surface area contributed by atoms with E-state index >= 15 is 0 Å². The summed E-state index contributed by atoms with van der Waals surface area (Å²) in [5.41, 5.74) is 26.3. The van der Waals surface area contributed by atoms with E-state index in [1.807, 2.05) is 36.7 Å². The fourth-order valence-electron chi connectivity index (χ4n) is 11.6. The van der Waals surface area contributed by atoms with Gasteiger partial charge < -0.3 is 0 Å². The first-order valence-corrected chi connectivity index (χ1v) is 27.9. The number of pyridine rings is 3. The van der Waals surface area contributed by atoms with Crippen LogP contribution in [-0.2, 0) is 0 Å². The van der Waals surface area contributed by atoms with Gasteiger partial charge in [-0.3, -0.25) is 9.97 Å². The molecule has 0 amide bonds. The number of fused-ring (bicyclic) bond motifs is 1. The molecule has 3 heteroatoms. The van der Waals surface area contributed by atoms with Crippen molar-refractivity contribution in [2.45, 2.75) is 0 Å². The van der Waals surface area contributed by atoms with Crippen LogP contribution in [0.1, 0.15) is 0 Å². The van der Waals surface area contributed by atoms with Gasteiger partial charge in [0.15, 0.2) is 0 Å². The highest BCUT2D eigenvalue weighted by molar-refractivity contribution is 6.00. The van der Waals surface area contributed by atoms with Crippen molar-refractivity contribution in [1.29, 1.82) is 0 Å². The van der Waals surface area contributed by atoms with Crippen LogP contribution in [-0.4, -0.2) is 15.0 Å². The maximum atomic E-state index is 5.46. The van der Waals surface area contributed by atoms with Crippen LogP contribution in [0.15, 0.2) is 322 Å². The molecule has 0 spiro atoms. The fraction of sp³-hybridized carbons (Fsp3) is 0. The maximum absolute atomic E-state index is 5.46. The topological polar surface area (TPSA) is 38.7 Å². The van der Waals surface area contributed by atoms with Crippen molar-refractivity contribution in [3.05, 3.63) is 322 Å². The van der Waals surface area contributed by atoms with E-state index in [2.05, 4.69) is 295 Å². The largest absolute Gasteiger partial charge is 0.256 e. The van der Waals surface area contributed by atoms with Crippen molar-refractivity contribution in [3.63, 3.8) is 0 Å². The Morgan fingerprint density at radius 3 is 1.06 bits per heavy atom. The van der Waals surface area contributed by atoms with Crippen molar-refractivity contribution < 1.29 is 0 Å². The summed E-state index contributed by atoms with van der Waals surface area (Å²) in [6.45, 7) is 0. The van der Waals surface area contributed by atoms with E-state index in [0.29, 0.717) is 0 Å². The number of benzene rings is 11. The van der Waals surface area contributed by atoms with E-state index in [-0.39, 0.29) is 0 Å². The zero-order chi connectivity index (χ0) is 54.6. The Balaban J connectivity index is 0.952. The summed E-state index contributed by atoms with van der Waals surface area (Å²) in [6.07, 6.45) is 3.70. The van der Waals surface area contributed by atoms with Gasteiger partial charge in [-0.25, -0.2) is 4.98 Å². The molecule has 384 valence electrons. The quantitative estimate of drug-likeness (QED) is 0.122. The predicted octanol–water partition coefficient (Wildman–Crippen LogP) is 21.0. The Hall–Kier alpha value is -10.9.